The third kappa shape index (κ3) is 5.08. The molecule has 4 nitrogen and oxygen atoms in total. The molecule has 1 unspecified atom stereocenters. The Hall–Kier alpha value is -1.93. The van der Waals surface area contributed by atoms with Crippen molar-refractivity contribution in [3.63, 3.8) is 0 Å². The highest BCUT2D eigenvalue weighted by Gasteiger charge is 2.34. The standard InChI is InChI=1S/C18H17BClF3N3O/c20-17-15(18(21,22)23)9-24-16(25-17)8-12-3-5-13(6-4-12)14-2-1-7-26(10-14)19-11-27/h3-6,9,11,14H,1-2,7-8,10H2. The molecule has 9 heteroatoms. The monoisotopic (exact) mass is 394 g/mol. The largest absolute Gasteiger partial charge is 0.420 e. The van der Waals surface area contributed by atoms with Crippen LogP contribution in [0.15, 0.2) is 30.5 Å². The molecule has 1 fully saturated rings. The van der Waals surface area contributed by atoms with Crippen LogP contribution in [0.5, 0.6) is 0 Å². The molecule has 0 N–H and O–H groups in total. The highest BCUT2D eigenvalue weighted by atomic mass is 35.5. The van der Waals surface area contributed by atoms with Crippen LogP contribution in [-0.4, -0.2) is 41.5 Å². The molecule has 0 amide bonds. The lowest BCUT2D eigenvalue weighted by Gasteiger charge is -2.31. The van der Waals surface area contributed by atoms with Crippen molar-refractivity contribution in [2.24, 2.45) is 0 Å². The smallest absolute Gasteiger partial charge is 0.339 e. The summed E-state index contributed by atoms with van der Waals surface area (Å²) in [5.41, 5.74) is 1.04. The molecule has 1 aliphatic heterocycles. The number of piperidine rings is 1. The molecule has 2 heterocycles. The number of carbonyl (C=O) groups excluding carboxylic acids is 1. The highest BCUT2D eigenvalue weighted by molar-refractivity contribution is 6.64. The van der Waals surface area contributed by atoms with Gasteiger partial charge in [0, 0.05) is 12.6 Å². The number of aromatic nitrogens is 2. The van der Waals surface area contributed by atoms with E-state index in [0.29, 0.717) is 12.3 Å². The van der Waals surface area contributed by atoms with Crippen LogP contribution >= 0.6 is 11.6 Å². The summed E-state index contributed by atoms with van der Waals surface area (Å²) in [5, 5.41) is -0.585. The zero-order valence-electron chi connectivity index (χ0n) is 14.4. The maximum Gasteiger partial charge on any atom is 0.420 e. The predicted octanol–water partition coefficient (Wildman–Crippen LogP) is 3.73. The molecule has 141 valence electrons. The van der Waals surface area contributed by atoms with E-state index < -0.39 is 16.9 Å². The molecule has 1 atom stereocenters. The molecule has 1 aromatic heterocycles. The lowest BCUT2D eigenvalue weighted by Crippen LogP contribution is -2.37. The fourth-order valence-electron chi connectivity index (χ4n) is 3.26. The van der Waals surface area contributed by atoms with E-state index in [1.54, 1.807) is 7.41 Å². The second-order valence-corrected chi connectivity index (χ2v) is 6.88. The molecule has 3 rings (SSSR count). The number of alkyl halides is 3. The van der Waals surface area contributed by atoms with Gasteiger partial charge in [-0.3, -0.25) is 0 Å². The summed E-state index contributed by atoms with van der Waals surface area (Å²) in [6, 6.07) is 7.87. The first kappa shape index (κ1) is 19.8. The van der Waals surface area contributed by atoms with Crippen LogP contribution in [0.4, 0.5) is 13.2 Å². The Morgan fingerprint density at radius 2 is 2.04 bits per heavy atom. The van der Waals surface area contributed by atoms with Crippen LogP contribution in [0.1, 0.15) is 41.3 Å². The molecule has 1 radical (unpaired) electrons. The minimum absolute atomic E-state index is 0.241. The van der Waals surface area contributed by atoms with Crippen molar-refractivity contribution in [3.05, 3.63) is 58.1 Å². The Balaban J connectivity index is 1.67. The Morgan fingerprint density at radius 3 is 2.67 bits per heavy atom. The fraction of sp³-hybridized carbons (Fsp3) is 0.389. The van der Waals surface area contributed by atoms with E-state index in [0.717, 1.165) is 43.9 Å². The number of halogens is 4. The van der Waals surface area contributed by atoms with Crippen LogP contribution in [-0.2, 0) is 17.4 Å². The maximum absolute atomic E-state index is 12.7. The molecule has 0 saturated carbocycles. The van der Waals surface area contributed by atoms with Gasteiger partial charge in [-0.25, -0.2) is 9.97 Å². The molecule has 1 aliphatic rings. The molecular weight excluding hydrogens is 377 g/mol. The van der Waals surface area contributed by atoms with Crippen LogP contribution < -0.4 is 0 Å². The summed E-state index contributed by atoms with van der Waals surface area (Å²) < 4.78 is 38.1. The average Bonchev–Trinajstić information content (AvgIpc) is 2.62. The van der Waals surface area contributed by atoms with Gasteiger partial charge >= 0.3 is 6.18 Å². The van der Waals surface area contributed by atoms with Gasteiger partial charge in [-0.2, -0.15) is 13.2 Å². The molecular formula is C18H17BClF3N3O. The van der Waals surface area contributed by atoms with Crippen molar-refractivity contribution >= 4 is 25.2 Å². The zero-order valence-corrected chi connectivity index (χ0v) is 15.2. The topological polar surface area (TPSA) is 46.1 Å². The Morgan fingerprint density at radius 1 is 1.30 bits per heavy atom. The molecule has 0 spiro atoms. The maximum atomic E-state index is 12.7. The van der Waals surface area contributed by atoms with Crippen molar-refractivity contribution in [1.82, 2.24) is 14.8 Å². The molecule has 2 aromatic rings. The molecule has 0 aliphatic carbocycles. The predicted molar refractivity (Wildman–Crippen MR) is 97.3 cm³/mol. The summed E-state index contributed by atoms with van der Waals surface area (Å²) in [4.78, 5) is 20.2. The van der Waals surface area contributed by atoms with E-state index in [1.807, 2.05) is 29.1 Å². The number of benzene rings is 1. The number of hydrogen-bond acceptors (Lipinski definition) is 4. The minimum Gasteiger partial charge on any atom is -0.339 e. The first-order valence-corrected chi connectivity index (χ1v) is 8.94. The molecule has 1 saturated heterocycles. The van der Waals surface area contributed by atoms with E-state index in [4.69, 9.17) is 11.6 Å². The third-order valence-electron chi connectivity index (χ3n) is 4.64. The number of rotatable bonds is 5. The Labute approximate surface area is 161 Å². The summed E-state index contributed by atoms with van der Waals surface area (Å²) >= 11 is 5.64. The van der Waals surface area contributed by atoms with Crippen LogP contribution in [0.25, 0.3) is 0 Å². The SMILES string of the molecule is O=C[B]N1CCCC(c2ccc(Cc3ncc(C(F)(F)F)c(Cl)n3)cc2)C1. The summed E-state index contributed by atoms with van der Waals surface area (Å²) in [7, 11) is 1.58. The minimum atomic E-state index is -4.56. The van der Waals surface area contributed by atoms with E-state index in [2.05, 4.69) is 9.97 Å². The van der Waals surface area contributed by atoms with E-state index in [9.17, 15) is 18.0 Å². The van der Waals surface area contributed by atoms with E-state index in [1.165, 1.54) is 5.56 Å². The van der Waals surface area contributed by atoms with Gasteiger partial charge in [-0.1, -0.05) is 35.9 Å². The summed E-state index contributed by atoms with van der Waals surface area (Å²) in [6.45, 7) is 1.69. The highest BCUT2D eigenvalue weighted by Crippen LogP contribution is 2.33. The van der Waals surface area contributed by atoms with Crippen LogP contribution in [0.3, 0.4) is 0 Å². The normalized spacial score (nSPS) is 18.3. The van der Waals surface area contributed by atoms with Gasteiger partial charge < -0.3 is 9.61 Å². The van der Waals surface area contributed by atoms with E-state index in [-0.39, 0.29) is 5.82 Å². The number of hydrogen-bond donors (Lipinski definition) is 0. The molecule has 0 bridgehead atoms. The fourth-order valence-corrected chi connectivity index (χ4v) is 3.51. The third-order valence-corrected chi connectivity index (χ3v) is 4.92. The van der Waals surface area contributed by atoms with Gasteiger partial charge in [0.05, 0.1) is 6.19 Å². The van der Waals surface area contributed by atoms with Crippen LogP contribution in [0, 0.1) is 0 Å². The summed E-state index contributed by atoms with van der Waals surface area (Å²) in [6.07, 6.45) is -0.658. The first-order valence-electron chi connectivity index (χ1n) is 8.57. The van der Waals surface area contributed by atoms with Crippen LogP contribution in [0.2, 0.25) is 5.15 Å². The molecule has 27 heavy (non-hydrogen) atoms. The van der Waals surface area contributed by atoms with Crippen molar-refractivity contribution < 1.29 is 18.0 Å². The Kier molecular flexibility index (Phi) is 6.16. The Bertz CT molecular complexity index is 801. The second-order valence-electron chi connectivity index (χ2n) is 6.53. The van der Waals surface area contributed by atoms with Crippen molar-refractivity contribution in [3.8, 4) is 0 Å². The van der Waals surface area contributed by atoms with Crippen molar-refractivity contribution in [2.45, 2.75) is 31.4 Å². The van der Waals surface area contributed by atoms with Gasteiger partial charge in [0.1, 0.15) is 16.5 Å². The first-order chi connectivity index (χ1) is 12.9. The van der Waals surface area contributed by atoms with Gasteiger partial charge in [-0.15, -0.1) is 0 Å². The lowest BCUT2D eigenvalue weighted by atomic mass is 9.84. The summed E-state index contributed by atoms with van der Waals surface area (Å²) in [5.74, 6) is 0.589. The van der Waals surface area contributed by atoms with Gasteiger partial charge in [0.15, 0.2) is 0 Å². The van der Waals surface area contributed by atoms with E-state index >= 15 is 0 Å². The van der Waals surface area contributed by atoms with Crippen molar-refractivity contribution in [2.75, 3.05) is 13.1 Å². The van der Waals surface area contributed by atoms with Gasteiger partial charge in [-0.05, 0) is 43.0 Å². The average molecular weight is 395 g/mol. The van der Waals surface area contributed by atoms with Gasteiger partial charge in [0.2, 0.25) is 0 Å². The number of carbonyl (C=O) groups is 1. The van der Waals surface area contributed by atoms with Crippen molar-refractivity contribution in [1.29, 1.82) is 0 Å². The lowest BCUT2D eigenvalue weighted by molar-refractivity contribution is -0.138. The second kappa shape index (κ2) is 8.40. The number of nitrogens with zero attached hydrogens (tertiary/aromatic N) is 3. The zero-order chi connectivity index (χ0) is 19.4. The van der Waals surface area contributed by atoms with Gasteiger partial charge in [0.25, 0.3) is 7.41 Å². The quantitative estimate of drug-likeness (QED) is 0.440. The molecule has 1 aromatic carbocycles.